The summed E-state index contributed by atoms with van der Waals surface area (Å²) in [6.07, 6.45) is 17.5. The molecular weight excluding hydrogens is 488 g/mol. The van der Waals surface area contributed by atoms with Gasteiger partial charge in [-0.2, -0.15) is 0 Å². The molecule has 1 amide bonds. The van der Waals surface area contributed by atoms with E-state index in [4.69, 9.17) is 14.7 Å². The summed E-state index contributed by atoms with van der Waals surface area (Å²) in [5.74, 6) is 1.97. The molecule has 3 N–H and O–H groups in total. The molecule has 2 aliphatic carbocycles. The molecule has 3 aromatic rings. The molecule has 2 atom stereocenters. The lowest BCUT2D eigenvalue weighted by molar-refractivity contribution is 0.0941. The number of aliphatic hydroxyl groups excluding tert-OH is 1. The number of carbonyl (C=O) groups is 1. The Labute approximate surface area is 220 Å². The molecule has 0 aliphatic heterocycles. The molecule has 37 heavy (non-hydrogen) atoms. The van der Waals surface area contributed by atoms with E-state index in [1.807, 2.05) is 30.0 Å². The lowest BCUT2D eigenvalue weighted by Gasteiger charge is -2.16. The molecule has 0 aromatic carbocycles. The second-order valence-corrected chi connectivity index (χ2v) is 10.4. The number of nitrogens with zero attached hydrogens (tertiary/aromatic N) is 4. The van der Waals surface area contributed by atoms with Gasteiger partial charge in [0.15, 0.2) is 11.6 Å². The van der Waals surface area contributed by atoms with Crippen LogP contribution in [-0.2, 0) is 11.8 Å². The van der Waals surface area contributed by atoms with E-state index in [-0.39, 0.29) is 24.5 Å². The van der Waals surface area contributed by atoms with Gasteiger partial charge in [-0.1, -0.05) is 30.4 Å². The summed E-state index contributed by atoms with van der Waals surface area (Å²) in [5, 5.41) is 17.1. The van der Waals surface area contributed by atoms with Crippen LogP contribution in [0.1, 0.15) is 40.9 Å². The van der Waals surface area contributed by atoms with Gasteiger partial charge in [-0.05, 0) is 37.2 Å². The van der Waals surface area contributed by atoms with Gasteiger partial charge in [-0.3, -0.25) is 4.79 Å². The topological polar surface area (TPSA) is 114 Å². The van der Waals surface area contributed by atoms with E-state index >= 15 is 0 Å². The Morgan fingerprint density at radius 2 is 2.19 bits per heavy atom. The van der Waals surface area contributed by atoms with Crippen LogP contribution in [0.4, 0.5) is 5.82 Å². The molecule has 194 valence electrons. The zero-order valence-electron chi connectivity index (χ0n) is 21.1. The number of anilines is 1. The summed E-state index contributed by atoms with van der Waals surface area (Å²) >= 11 is 1.37. The maximum Gasteiger partial charge on any atom is 0.262 e. The van der Waals surface area contributed by atoms with Gasteiger partial charge in [-0.15, -0.1) is 11.3 Å². The second kappa shape index (κ2) is 11.4. The number of aryl methyl sites for hydroxylation is 1. The Bertz CT molecular complexity index is 1370. The maximum absolute atomic E-state index is 13.4. The van der Waals surface area contributed by atoms with Crippen LogP contribution in [0.3, 0.4) is 0 Å². The zero-order chi connectivity index (χ0) is 25.8. The van der Waals surface area contributed by atoms with E-state index in [2.05, 4.69) is 33.8 Å². The monoisotopic (exact) mass is 520 g/mol. The Kier molecular flexibility index (Phi) is 7.78. The van der Waals surface area contributed by atoms with Crippen LogP contribution in [0.25, 0.3) is 27.4 Å². The highest BCUT2D eigenvalue weighted by molar-refractivity contribution is 7.21. The first kappa shape index (κ1) is 25.3. The first-order valence-electron chi connectivity index (χ1n) is 12.6. The summed E-state index contributed by atoms with van der Waals surface area (Å²) in [7, 11) is 3.52. The molecule has 1 saturated carbocycles. The van der Waals surface area contributed by atoms with Crippen molar-refractivity contribution in [2.75, 3.05) is 32.2 Å². The highest BCUT2D eigenvalue weighted by Gasteiger charge is 2.29. The van der Waals surface area contributed by atoms with Crippen molar-refractivity contribution in [1.82, 2.24) is 24.8 Å². The van der Waals surface area contributed by atoms with Crippen molar-refractivity contribution in [1.29, 1.82) is 0 Å². The minimum Gasteiger partial charge on any atom is -0.396 e. The van der Waals surface area contributed by atoms with Gasteiger partial charge in [0.2, 0.25) is 0 Å². The molecule has 3 aromatic heterocycles. The molecule has 0 spiro atoms. The number of nitrogens with one attached hydrogen (secondary N) is 2. The predicted molar refractivity (Wildman–Crippen MR) is 147 cm³/mol. The minimum atomic E-state index is -0.164. The standard InChI is InChI=1S/C27H32N6O3S/c1-33-13-11-28-25(33)24-31-23(30-19-10-9-17(15-19)16-34)21-20(18-7-5-3-4-6-8-18)22(37-27(21)32-24)26(35)29-12-14-36-2/h3,5-8,11,13,17,19,34H,4,9-10,12,14-16H2,1-2H3,(H,29,35)(H,30,31,32)/t17-,19+/m0/s1. The number of methoxy groups -OCH3 is 1. The van der Waals surface area contributed by atoms with Gasteiger partial charge in [0, 0.05) is 51.3 Å². The normalized spacial score (nSPS) is 19.3. The van der Waals surface area contributed by atoms with Crippen LogP contribution in [-0.4, -0.2) is 63.4 Å². The summed E-state index contributed by atoms with van der Waals surface area (Å²) < 4.78 is 7.01. The number of amides is 1. The molecule has 0 unspecified atom stereocenters. The molecule has 10 heteroatoms. The van der Waals surface area contributed by atoms with Gasteiger partial charge in [-0.25, -0.2) is 15.0 Å². The third-order valence-electron chi connectivity index (χ3n) is 6.78. The van der Waals surface area contributed by atoms with Crippen molar-refractivity contribution in [3.05, 3.63) is 53.2 Å². The second-order valence-electron chi connectivity index (χ2n) is 9.38. The molecule has 5 rings (SSSR count). The number of aromatic nitrogens is 4. The average molecular weight is 521 g/mol. The van der Waals surface area contributed by atoms with E-state index in [0.717, 1.165) is 47.0 Å². The van der Waals surface area contributed by atoms with Crippen molar-refractivity contribution in [2.45, 2.75) is 31.7 Å². The summed E-state index contributed by atoms with van der Waals surface area (Å²) in [4.78, 5) is 29.0. The van der Waals surface area contributed by atoms with Crippen molar-refractivity contribution in [2.24, 2.45) is 13.0 Å². The van der Waals surface area contributed by atoms with E-state index in [9.17, 15) is 9.90 Å². The fraction of sp³-hybridized carbons (Fsp3) is 0.407. The number of rotatable bonds is 9. The lowest BCUT2D eigenvalue weighted by atomic mass is 10.0. The highest BCUT2D eigenvalue weighted by atomic mass is 32.1. The number of hydrogen-bond donors (Lipinski definition) is 3. The molecule has 1 fully saturated rings. The smallest absolute Gasteiger partial charge is 0.262 e. The van der Waals surface area contributed by atoms with Crippen LogP contribution in [0.5, 0.6) is 0 Å². The number of fused-ring (bicyclic) bond motifs is 1. The van der Waals surface area contributed by atoms with E-state index in [1.165, 1.54) is 11.3 Å². The van der Waals surface area contributed by atoms with E-state index in [1.54, 1.807) is 13.3 Å². The quantitative estimate of drug-likeness (QED) is 0.366. The lowest BCUT2D eigenvalue weighted by Crippen LogP contribution is -2.26. The van der Waals surface area contributed by atoms with Crippen molar-refractivity contribution in [3.63, 3.8) is 0 Å². The van der Waals surface area contributed by atoms with Gasteiger partial charge in [0.1, 0.15) is 15.5 Å². The number of imidazole rings is 1. The predicted octanol–water partition coefficient (Wildman–Crippen LogP) is 3.94. The van der Waals surface area contributed by atoms with Gasteiger partial charge in [0.05, 0.1) is 12.0 Å². The van der Waals surface area contributed by atoms with E-state index < -0.39 is 0 Å². The van der Waals surface area contributed by atoms with E-state index in [0.29, 0.717) is 35.5 Å². The minimum absolute atomic E-state index is 0.164. The summed E-state index contributed by atoms with van der Waals surface area (Å²) in [6, 6.07) is 0.176. The number of aliphatic hydroxyl groups is 1. The van der Waals surface area contributed by atoms with Gasteiger partial charge in [0.25, 0.3) is 5.91 Å². The number of carbonyl (C=O) groups excluding carboxylic acids is 1. The van der Waals surface area contributed by atoms with Gasteiger partial charge >= 0.3 is 0 Å². The third-order valence-corrected chi connectivity index (χ3v) is 7.86. The fourth-order valence-electron chi connectivity index (χ4n) is 4.88. The van der Waals surface area contributed by atoms with Crippen LogP contribution in [0.2, 0.25) is 0 Å². The SMILES string of the molecule is COCCNC(=O)c1sc2nc(-c3nccn3C)nc(N[C@@H]3CC[C@H](CO)C3)c2c1C1=CC=CCC=C1. The molecule has 0 saturated heterocycles. The van der Waals surface area contributed by atoms with Crippen LogP contribution in [0, 0.1) is 5.92 Å². The number of thiophene rings is 1. The summed E-state index contributed by atoms with van der Waals surface area (Å²) in [5.41, 5.74) is 1.76. The third kappa shape index (κ3) is 5.36. The first-order valence-corrected chi connectivity index (χ1v) is 13.4. The Morgan fingerprint density at radius 1 is 1.30 bits per heavy atom. The number of ether oxygens (including phenoxy) is 1. The molecule has 0 bridgehead atoms. The van der Waals surface area contributed by atoms with Gasteiger partial charge < -0.3 is 25.0 Å². The fourth-order valence-corrected chi connectivity index (χ4v) is 5.99. The molecular formula is C27H32N6O3S. The van der Waals surface area contributed by atoms with Crippen LogP contribution >= 0.6 is 11.3 Å². The zero-order valence-corrected chi connectivity index (χ0v) is 21.9. The highest BCUT2D eigenvalue weighted by Crippen LogP contribution is 2.41. The number of allylic oxidation sites excluding steroid dienone is 6. The van der Waals surface area contributed by atoms with Crippen molar-refractivity contribution in [3.8, 4) is 11.6 Å². The maximum atomic E-state index is 13.4. The molecule has 3 heterocycles. The molecule has 9 nitrogen and oxygen atoms in total. The Morgan fingerprint density at radius 3 is 2.95 bits per heavy atom. The molecule has 0 radical (unpaired) electrons. The summed E-state index contributed by atoms with van der Waals surface area (Å²) in [6.45, 7) is 1.04. The number of hydrogen-bond acceptors (Lipinski definition) is 8. The Hall–Kier alpha value is -3.34. The van der Waals surface area contributed by atoms with Crippen molar-refractivity contribution < 1.29 is 14.6 Å². The largest absolute Gasteiger partial charge is 0.396 e. The van der Waals surface area contributed by atoms with Crippen molar-refractivity contribution >= 4 is 38.9 Å². The van der Waals surface area contributed by atoms with Crippen LogP contribution < -0.4 is 10.6 Å². The van der Waals surface area contributed by atoms with Crippen LogP contribution in [0.15, 0.2) is 42.8 Å². The average Bonchev–Trinajstić information content (AvgIpc) is 3.58. The Balaban J connectivity index is 1.69. The first-order chi connectivity index (χ1) is 18.1. The molecule has 2 aliphatic rings.